The van der Waals surface area contributed by atoms with Crippen molar-refractivity contribution in [3.63, 3.8) is 0 Å². The van der Waals surface area contributed by atoms with Gasteiger partial charge in [0.05, 0.1) is 24.1 Å². The summed E-state index contributed by atoms with van der Waals surface area (Å²) < 4.78 is 77.4. The van der Waals surface area contributed by atoms with E-state index in [-0.39, 0.29) is 11.4 Å². The highest BCUT2D eigenvalue weighted by molar-refractivity contribution is 7.91. The maximum atomic E-state index is 12.7. The van der Waals surface area contributed by atoms with Gasteiger partial charge in [-0.05, 0) is 27.7 Å². The van der Waals surface area contributed by atoms with Gasteiger partial charge in [-0.25, -0.2) is 13.4 Å². The maximum absolute atomic E-state index is 12.7. The van der Waals surface area contributed by atoms with Crippen LogP contribution in [0.1, 0.15) is 33.3 Å². The van der Waals surface area contributed by atoms with Crippen molar-refractivity contribution >= 4 is 22.4 Å². The molecule has 1 aliphatic heterocycles. The van der Waals surface area contributed by atoms with Crippen LogP contribution in [-0.4, -0.2) is 44.3 Å². The van der Waals surface area contributed by atoms with Crippen molar-refractivity contribution in [1.29, 1.82) is 0 Å². The standard InChI is InChI=1S/C14H19BF3NO5S/c1-12(2)13(3,4)24-15(23-12)10-6-9(11(22-5)19-7-10)8-25(20,21)14(16,17)18/h6-7H,8H2,1-5H3. The smallest absolute Gasteiger partial charge is 0.481 e. The molecule has 0 spiro atoms. The second kappa shape index (κ2) is 6.13. The fraction of sp³-hybridized carbons (Fsp3) is 0.643. The van der Waals surface area contributed by atoms with Crippen LogP contribution in [0.5, 0.6) is 5.88 Å². The average molecular weight is 381 g/mol. The fourth-order valence-corrected chi connectivity index (χ4v) is 2.98. The normalized spacial score (nSPS) is 19.9. The first-order valence-corrected chi connectivity index (χ1v) is 9.03. The Labute approximate surface area is 144 Å². The first kappa shape index (κ1) is 20.0. The predicted octanol–water partition coefficient (Wildman–Crippen LogP) is 1.82. The van der Waals surface area contributed by atoms with E-state index in [0.29, 0.717) is 5.46 Å². The summed E-state index contributed by atoms with van der Waals surface area (Å²) in [6.45, 7) is 7.27. The fourth-order valence-electron chi connectivity index (χ4n) is 2.20. The molecule has 0 amide bonds. The molecular formula is C14H19BF3NO5S. The summed E-state index contributed by atoms with van der Waals surface area (Å²) in [6, 6.07) is 1.25. The van der Waals surface area contributed by atoms with Gasteiger partial charge in [-0.3, -0.25) is 0 Å². The number of halogens is 3. The van der Waals surface area contributed by atoms with Crippen LogP contribution in [-0.2, 0) is 24.9 Å². The third kappa shape index (κ3) is 3.77. The van der Waals surface area contributed by atoms with Gasteiger partial charge in [0.1, 0.15) is 0 Å². The highest BCUT2D eigenvalue weighted by atomic mass is 32.2. The molecule has 1 saturated heterocycles. The summed E-state index contributed by atoms with van der Waals surface area (Å²) in [5.74, 6) is -1.48. The Morgan fingerprint density at radius 3 is 2.16 bits per heavy atom. The van der Waals surface area contributed by atoms with Crippen molar-refractivity contribution in [2.45, 2.75) is 50.2 Å². The molecule has 2 heterocycles. The van der Waals surface area contributed by atoms with Gasteiger partial charge in [-0.1, -0.05) is 6.07 Å². The highest BCUT2D eigenvalue weighted by Gasteiger charge is 2.52. The van der Waals surface area contributed by atoms with Gasteiger partial charge in [0.25, 0.3) is 9.84 Å². The van der Waals surface area contributed by atoms with Crippen LogP contribution in [0.3, 0.4) is 0 Å². The van der Waals surface area contributed by atoms with E-state index in [0.717, 1.165) is 0 Å². The minimum Gasteiger partial charge on any atom is -0.481 e. The van der Waals surface area contributed by atoms with Gasteiger partial charge in [0.15, 0.2) is 0 Å². The van der Waals surface area contributed by atoms with Crippen molar-refractivity contribution in [2.75, 3.05) is 7.11 Å². The number of rotatable bonds is 4. The zero-order chi connectivity index (χ0) is 19.3. The van der Waals surface area contributed by atoms with Gasteiger partial charge < -0.3 is 14.0 Å². The van der Waals surface area contributed by atoms with E-state index in [9.17, 15) is 21.6 Å². The van der Waals surface area contributed by atoms with Gasteiger partial charge in [-0.15, -0.1) is 0 Å². The van der Waals surface area contributed by atoms with Crippen LogP contribution in [0, 0.1) is 0 Å². The zero-order valence-electron chi connectivity index (χ0n) is 14.5. The van der Waals surface area contributed by atoms with Gasteiger partial charge in [0, 0.05) is 17.2 Å². The largest absolute Gasteiger partial charge is 0.497 e. The molecule has 0 aromatic carbocycles. The number of aromatic nitrogens is 1. The monoisotopic (exact) mass is 381 g/mol. The number of alkyl halides is 3. The summed E-state index contributed by atoms with van der Waals surface area (Å²) in [6.07, 6.45) is 1.32. The zero-order valence-corrected chi connectivity index (χ0v) is 15.3. The van der Waals surface area contributed by atoms with E-state index in [4.69, 9.17) is 14.0 Å². The molecule has 0 aliphatic carbocycles. The van der Waals surface area contributed by atoms with Crippen LogP contribution >= 0.6 is 0 Å². The first-order valence-electron chi connectivity index (χ1n) is 7.38. The molecule has 140 valence electrons. The molecule has 0 N–H and O–H groups in total. The Morgan fingerprint density at radius 1 is 1.20 bits per heavy atom. The Bertz CT molecular complexity index is 748. The van der Waals surface area contributed by atoms with Crippen molar-refractivity contribution in [1.82, 2.24) is 4.98 Å². The molecule has 1 fully saturated rings. The molecule has 0 radical (unpaired) electrons. The lowest BCUT2D eigenvalue weighted by molar-refractivity contribution is -0.0437. The average Bonchev–Trinajstić information content (AvgIpc) is 2.65. The summed E-state index contributed by atoms with van der Waals surface area (Å²) in [7, 11) is -5.05. The van der Waals surface area contributed by atoms with Crippen molar-refractivity contribution in [2.24, 2.45) is 0 Å². The van der Waals surface area contributed by atoms with Crippen LogP contribution in [0.2, 0.25) is 0 Å². The van der Waals surface area contributed by atoms with E-state index in [1.54, 1.807) is 0 Å². The van der Waals surface area contributed by atoms with Crippen molar-refractivity contribution in [3.8, 4) is 5.88 Å². The van der Waals surface area contributed by atoms with Crippen molar-refractivity contribution < 1.29 is 35.6 Å². The Hall–Kier alpha value is -1.33. The minimum absolute atomic E-state index is 0.201. The molecule has 1 aromatic rings. The number of ether oxygens (including phenoxy) is 1. The molecule has 0 saturated carbocycles. The molecule has 2 rings (SSSR count). The molecule has 0 bridgehead atoms. The van der Waals surface area contributed by atoms with E-state index >= 15 is 0 Å². The number of sulfone groups is 1. The summed E-state index contributed by atoms with van der Waals surface area (Å²) in [5.41, 5.74) is -6.58. The number of methoxy groups -OCH3 is 1. The van der Waals surface area contributed by atoms with Crippen molar-refractivity contribution in [3.05, 3.63) is 17.8 Å². The number of hydrogen-bond donors (Lipinski definition) is 0. The molecule has 1 aromatic heterocycles. The predicted molar refractivity (Wildman–Crippen MR) is 85.2 cm³/mol. The van der Waals surface area contributed by atoms with Gasteiger partial charge in [-0.2, -0.15) is 13.2 Å². The summed E-state index contributed by atoms with van der Waals surface area (Å²) in [5, 5.41) is 0. The highest BCUT2D eigenvalue weighted by Crippen LogP contribution is 2.37. The summed E-state index contributed by atoms with van der Waals surface area (Å²) >= 11 is 0. The van der Waals surface area contributed by atoms with Crippen LogP contribution in [0.15, 0.2) is 12.3 Å². The third-order valence-corrected chi connectivity index (χ3v) is 5.76. The first-order chi connectivity index (χ1) is 11.2. The Balaban J connectivity index is 2.39. The SMILES string of the molecule is COc1ncc(B2OC(C)(C)C(C)(C)O2)cc1CS(=O)(=O)C(F)(F)F. The molecular weight excluding hydrogens is 362 g/mol. The molecule has 0 atom stereocenters. The van der Waals surface area contributed by atoms with Gasteiger partial charge >= 0.3 is 12.6 Å². The van der Waals surface area contributed by atoms with E-state index in [1.165, 1.54) is 19.4 Å². The lowest BCUT2D eigenvalue weighted by atomic mass is 9.80. The van der Waals surface area contributed by atoms with Crippen LogP contribution in [0.4, 0.5) is 13.2 Å². The number of hydrogen-bond acceptors (Lipinski definition) is 6. The van der Waals surface area contributed by atoms with Crippen LogP contribution in [0.25, 0.3) is 0 Å². The maximum Gasteiger partial charge on any atom is 0.497 e. The topological polar surface area (TPSA) is 74.7 Å². The lowest BCUT2D eigenvalue weighted by Crippen LogP contribution is -2.41. The van der Waals surface area contributed by atoms with Crippen LogP contribution < -0.4 is 10.2 Å². The molecule has 25 heavy (non-hydrogen) atoms. The Morgan fingerprint density at radius 2 is 1.72 bits per heavy atom. The van der Waals surface area contributed by atoms with E-state index in [2.05, 4.69) is 4.98 Å². The second-order valence-electron chi connectivity index (χ2n) is 6.73. The molecule has 6 nitrogen and oxygen atoms in total. The van der Waals surface area contributed by atoms with E-state index < -0.39 is 39.4 Å². The van der Waals surface area contributed by atoms with E-state index in [1.807, 2.05) is 27.7 Å². The molecule has 11 heteroatoms. The second-order valence-corrected chi connectivity index (χ2v) is 8.71. The molecule has 0 unspecified atom stereocenters. The minimum atomic E-state index is -5.37. The Kier molecular flexibility index (Phi) is 4.91. The molecule has 1 aliphatic rings. The lowest BCUT2D eigenvalue weighted by Gasteiger charge is -2.32. The summed E-state index contributed by atoms with van der Waals surface area (Å²) in [4.78, 5) is 3.89. The van der Waals surface area contributed by atoms with Gasteiger partial charge in [0.2, 0.25) is 5.88 Å². The number of pyridine rings is 1. The quantitative estimate of drug-likeness (QED) is 0.741. The number of nitrogens with zero attached hydrogens (tertiary/aromatic N) is 1. The third-order valence-electron chi connectivity index (χ3n) is 4.36.